The van der Waals surface area contributed by atoms with Crippen molar-refractivity contribution < 1.29 is 23.1 Å². The predicted octanol–water partition coefficient (Wildman–Crippen LogP) is 2.60. The van der Waals surface area contributed by atoms with Crippen molar-refractivity contribution in [1.29, 1.82) is 0 Å². The minimum atomic E-state index is -3.00. The summed E-state index contributed by atoms with van der Waals surface area (Å²) < 4.78 is 26.4. The van der Waals surface area contributed by atoms with Gasteiger partial charge in [-0.15, -0.1) is 0 Å². The van der Waals surface area contributed by atoms with Crippen LogP contribution in [0.25, 0.3) is 0 Å². The summed E-state index contributed by atoms with van der Waals surface area (Å²) in [5.41, 5.74) is 0. The second kappa shape index (κ2) is 8.74. The lowest BCUT2D eigenvalue weighted by atomic mass is 10.4. The van der Waals surface area contributed by atoms with Crippen LogP contribution in [-0.2, 0) is 23.1 Å². The standard InChI is InChI=1S/C10H21O5P/c1-4-7-13-10(11)6-9-15-16(3,12)14-8-5-2/h4-9H2,1-3H3. The van der Waals surface area contributed by atoms with E-state index in [0.717, 1.165) is 12.8 Å². The molecule has 0 rings (SSSR count). The molecule has 0 aromatic rings. The largest absolute Gasteiger partial charge is 0.466 e. The van der Waals surface area contributed by atoms with Gasteiger partial charge in [0.25, 0.3) is 0 Å². The third kappa shape index (κ3) is 8.89. The summed E-state index contributed by atoms with van der Waals surface area (Å²) in [7, 11) is -3.00. The fraction of sp³-hybridized carbons (Fsp3) is 0.900. The summed E-state index contributed by atoms with van der Waals surface area (Å²) in [6, 6.07) is 0. The van der Waals surface area contributed by atoms with E-state index in [9.17, 15) is 9.36 Å². The smallest absolute Gasteiger partial charge is 0.327 e. The topological polar surface area (TPSA) is 61.8 Å². The molecular formula is C10H21O5P. The molecule has 0 aliphatic carbocycles. The lowest BCUT2D eigenvalue weighted by molar-refractivity contribution is -0.144. The van der Waals surface area contributed by atoms with Crippen LogP contribution in [-0.4, -0.2) is 32.5 Å². The fourth-order valence-electron chi connectivity index (χ4n) is 0.877. The van der Waals surface area contributed by atoms with Gasteiger partial charge in [-0.05, 0) is 12.8 Å². The van der Waals surface area contributed by atoms with Crippen molar-refractivity contribution in [2.75, 3.05) is 26.5 Å². The molecule has 6 heteroatoms. The van der Waals surface area contributed by atoms with Crippen LogP contribution in [0.4, 0.5) is 0 Å². The van der Waals surface area contributed by atoms with Gasteiger partial charge < -0.3 is 13.8 Å². The Balaban J connectivity index is 3.63. The zero-order chi connectivity index (χ0) is 12.4. The Morgan fingerprint density at radius 3 is 2.19 bits per heavy atom. The number of ether oxygens (including phenoxy) is 1. The molecule has 1 unspecified atom stereocenters. The lowest BCUT2D eigenvalue weighted by Crippen LogP contribution is -2.08. The molecular weight excluding hydrogens is 231 g/mol. The maximum Gasteiger partial charge on any atom is 0.327 e. The molecule has 96 valence electrons. The van der Waals surface area contributed by atoms with E-state index in [1.807, 2.05) is 13.8 Å². The summed E-state index contributed by atoms with van der Waals surface area (Å²) in [6.45, 7) is 6.12. The molecule has 16 heavy (non-hydrogen) atoms. The van der Waals surface area contributed by atoms with Gasteiger partial charge >= 0.3 is 13.6 Å². The first kappa shape index (κ1) is 15.6. The minimum Gasteiger partial charge on any atom is -0.466 e. The first-order chi connectivity index (χ1) is 7.52. The van der Waals surface area contributed by atoms with E-state index >= 15 is 0 Å². The number of hydrogen-bond donors (Lipinski definition) is 0. The maximum absolute atomic E-state index is 11.6. The third-order valence-corrected chi connectivity index (χ3v) is 2.93. The van der Waals surface area contributed by atoms with E-state index in [0.29, 0.717) is 13.2 Å². The Kier molecular flexibility index (Phi) is 8.53. The van der Waals surface area contributed by atoms with E-state index < -0.39 is 7.60 Å². The Bertz CT molecular complexity index is 241. The van der Waals surface area contributed by atoms with Gasteiger partial charge in [-0.2, -0.15) is 0 Å². The number of carbonyl (C=O) groups is 1. The quantitative estimate of drug-likeness (QED) is 0.466. The molecule has 0 saturated carbocycles. The van der Waals surface area contributed by atoms with Gasteiger partial charge in [0.05, 0.1) is 26.2 Å². The first-order valence-electron chi connectivity index (χ1n) is 5.54. The summed E-state index contributed by atoms with van der Waals surface area (Å²) in [6.07, 6.45) is 1.67. The summed E-state index contributed by atoms with van der Waals surface area (Å²) in [5, 5.41) is 0. The zero-order valence-corrected chi connectivity index (χ0v) is 11.1. The molecule has 0 heterocycles. The third-order valence-electron chi connectivity index (χ3n) is 1.63. The van der Waals surface area contributed by atoms with Crippen LogP contribution in [0, 0.1) is 0 Å². The van der Waals surface area contributed by atoms with Crippen molar-refractivity contribution in [2.24, 2.45) is 0 Å². The number of esters is 1. The molecule has 1 atom stereocenters. The van der Waals surface area contributed by atoms with Crippen LogP contribution in [0.2, 0.25) is 0 Å². The van der Waals surface area contributed by atoms with E-state index in [4.69, 9.17) is 13.8 Å². The Morgan fingerprint density at radius 1 is 1.06 bits per heavy atom. The Labute approximate surface area is 97.0 Å². The first-order valence-corrected chi connectivity index (χ1v) is 7.53. The molecule has 0 bridgehead atoms. The van der Waals surface area contributed by atoms with Crippen molar-refractivity contribution in [2.45, 2.75) is 33.1 Å². The maximum atomic E-state index is 11.6. The molecule has 0 aliphatic rings. The van der Waals surface area contributed by atoms with E-state index in [-0.39, 0.29) is 19.0 Å². The number of hydrogen-bond acceptors (Lipinski definition) is 5. The molecule has 0 spiro atoms. The van der Waals surface area contributed by atoms with Gasteiger partial charge in [0.1, 0.15) is 0 Å². The molecule has 0 aliphatic heterocycles. The van der Waals surface area contributed by atoms with E-state index in [1.54, 1.807) is 0 Å². The average Bonchev–Trinajstić information content (AvgIpc) is 2.23. The number of rotatable bonds is 9. The molecule has 0 radical (unpaired) electrons. The highest BCUT2D eigenvalue weighted by molar-refractivity contribution is 7.52. The van der Waals surface area contributed by atoms with Gasteiger partial charge in [0.15, 0.2) is 0 Å². The summed E-state index contributed by atoms with van der Waals surface area (Å²) >= 11 is 0. The highest BCUT2D eigenvalue weighted by atomic mass is 31.2. The monoisotopic (exact) mass is 252 g/mol. The highest BCUT2D eigenvalue weighted by Crippen LogP contribution is 2.43. The molecule has 0 aromatic heterocycles. The molecule has 0 amide bonds. The van der Waals surface area contributed by atoms with Crippen LogP contribution in [0.15, 0.2) is 0 Å². The van der Waals surface area contributed by atoms with E-state index in [1.165, 1.54) is 6.66 Å². The van der Waals surface area contributed by atoms with Crippen molar-refractivity contribution >= 4 is 13.6 Å². The molecule has 0 N–H and O–H groups in total. The minimum absolute atomic E-state index is 0.0695. The average molecular weight is 252 g/mol. The Hall–Kier alpha value is -0.380. The van der Waals surface area contributed by atoms with Gasteiger partial charge in [-0.25, -0.2) is 0 Å². The van der Waals surface area contributed by atoms with Gasteiger partial charge in [-0.3, -0.25) is 9.36 Å². The SMILES string of the molecule is CCCOC(=O)CCOP(C)(=O)OCCC. The van der Waals surface area contributed by atoms with Crippen molar-refractivity contribution in [3.63, 3.8) is 0 Å². The van der Waals surface area contributed by atoms with Crippen molar-refractivity contribution in [1.82, 2.24) is 0 Å². The van der Waals surface area contributed by atoms with Crippen LogP contribution >= 0.6 is 7.60 Å². The number of carbonyl (C=O) groups excluding carboxylic acids is 1. The molecule has 0 fully saturated rings. The second-order valence-electron chi connectivity index (χ2n) is 3.41. The lowest BCUT2D eigenvalue weighted by Gasteiger charge is -2.13. The van der Waals surface area contributed by atoms with Crippen molar-refractivity contribution in [3.05, 3.63) is 0 Å². The van der Waals surface area contributed by atoms with Crippen LogP contribution in [0.3, 0.4) is 0 Å². The highest BCUT2D eigenvalue weighted by Gasteiger charge is 2.16. The summed E-state index contributed by atoms with van der Waals surface area (Å²) in [5.74, 6) is -0.336. The van der Waals surface area contributed by atoms with Gasteiger partial charge in [-0.1, -0.05) is 13.8 Å². The van der Waals surface area contributed by atoms with Crippen LogP contribution < -0.4 is 0 Å². The van der Waals surface area contributed by atoms with Gasteiger partial charge in [0.2, 0.25) is 0 Å². The summed E-state index contributed by atoms with van der Waals surface area (Å²) in [4.78, 5) is 11.1. The Morgan fingerprint density at radius 2 is 1.62 bits per heavy atom. The molecule has 0 aromatic carbocycles. The van der Waals surface area contributed by atoms with E-state index in [2.05, 4.69) is 0 Å². The fourth-order valence-corrected chi connectivity index (χ4v) is 1.89. The van der Waals surface area contributed by atoms with Gasteiger partial charge in [0, 0.05) is 6.66 Å². The molecule has 5 nitrogen and oxygen atoms in total. The van der Waals surface area contributed by atoms with Crippen molar-refractivity contribution in [3.8, 4) is 0 Å². The predicted molar refractivity (Wildman–Crippen MR) is 61.6 cm³/mol. The normalized spacial score (nSPS) is 14.4. The second-order valence-corrected chi connectivity index (χ2v) is 5.47. The van der Waals surface area contributed by atoms with Crippen LogP contribution in [0.5, 0.6) is 0 Å². The van der Waals surface area contributed by atoms with Crippen LogP contribution in [0.1, 0.15) is 33.1 Å². The molecule has 0 saturated heterocycles. The zero-order valence-electron chi connectivity index (χ0n) is 10.2.